The molecule has 1 aromatic heterocycles. The van der Waals surface area contributed by atoms with E-state index in [0.717, 1.165) is 31.6 Å². The summed E-state index contributed by atoms with van der Waals surface area (Å²) >= 11 is 1.90. The van der Waals surface area contributed by atoms with E-state index in [1.165, 1.54) is 0 Å². The summed E-state index contributed by atoms with van der Waals surface area (Å²) < 4.78 is 0. The molecule has 1 aliphatic heterocycles. The van der Waals surface area contributed by atoms with Crippen LogP contribution < -0.4 is 16.4 Å². The SMILES string of the molecule is CSC1CCN(c2cnc(N)cc2C(N)=O)CC1. The molecule has 0 saturated carbocycles. The van der Waals surface area contributed by atoms with Gasteiger partial charge in [0, 0.05) is 18.3 Å². The molecule has 0 atom stereocenters. The van der Waals surface area contributed by atoms with Gasteiger partial charge in [-0.1, -0.05) is 0 Å². The van der Waals surface area contributed by atoms with Crippen LogP contribution in [0.25, 0.3) is 0 Å². The lowest BCUT2D eigenvalue weighted by atomic mass is 10.1. The maximum absolute atomic E-state index is 11.4. The molecule has 98 valence electrons. The molecular formula is C12H18N4OS. The minimum atomic E-state index is -0.453. The molecule has 0 spiro atoms. The molecule has 0 aliphatic carbocycles. The smallest absolute Gasteiger partial charge is 0.251 e. The van der Waals surface area contributed by atoms with Gasteiger partial charge in [0.1, 0.15) is 5.82 Å². The molecule has 18 heavy (non-hydrogen) atoms. The number of nitrogens with zero attached hydrogens (tertiary/aromatic N) is 2. The van der Waals surface area contributed by atoms with Crippen LogP contribution in [0.3, 0.4) is 0 Å². The van der Waals surface area contributed by atoms with Gasteiger partial charge in [0.05, 0.1) is 17.4 Å². The number of amides is 1. The lowest BCUT2D eigenvalue weighted by Gasteiger charge is -2.33. The molecule has 0 bridgehead atoms. The van der Waals surface area contributed by atoms with E-state index in [-0.39, 0.29) is 0 Å². The molecule has 0 radical (unpaired) electrons. The first-order valence-corrected chi connectivity index (χ1v) is 7.23. The van der Waals surface area contributed by atoms with Gasteiger partial charge in [-0.25, -0.2) is 4.98 Å². The zero-order valence-corrected chi connectivity index (χ0v) is 11.2. The van der Waals surface area contributed by atoms with Crippen molar-refractivity contribution in [2.45, 2.75) is 18.1 Å². The third kappa shape index (κ3) is 2.69. The van der Waals surface area contributed by atoms with Crippen LogP contribution in [0.15, 0.2) is 12.3 Å². The summed E-state index contributed by atoms with van der Waals surface area (Å²) in [5.74, 6) is -0.127. The fourth-order valence-corrected chi connectivity index (χ4v) is 2.93. The predicted molar refractivity (Wildman–Crippen MR) is 75.9 cm³/mol. The molecule has 1 aromatic rings. The van der Waals surface area contributed by atoms with Crippen molar-refractivity contribution < 1.29 is 4.79 Å². The minimum Gasteiger partial charge on any atom is -0.384 e. The summed E-state index contributed by atoms with van der Waals surface area (Å²) in [6.07, 6.45) is 6.02. The highest BCUT2D eigenvalue weighted by Crippen LogP contribution is 2.27. The minimum absolute atomic E-state index is 0.326. The topological polar surface area (TPSA) is 85.2 Å². The van der Waals surface area contributed by atoms with Crippen LogP contribution >= 0.6 is 11.8 Å². The summed E-state index contributed by atoms with van der Waals surface area (Å²) in [6.45, 7) is 1.86. The number of carbonyl (C=O) groups is 1. The maximum atomic E-state index is 11.4. The van der Waals surface area contributed by atoms with Gasteiger partial charge in [0.25, 0.3) is 5.91 Å². The first kappa shape index (κ1) is 13.0. The standard InChI is InChI=1S/C12H18N4OS/c1-18-8-2-4-16(5-3-8)10-7-15-11(13)6-9(10)12(14)17/h6-8H,2-5H2,1H3,(H2,13,15)(H2,14,17). The molecule has 1 saturated heterocycles. The van der Waals surface area contributed by atoms with Gasteiger partial charge in [0.2, 0.25) is 0 Å². The van der Waals surface area contributed by atoms with Gasteiger partial charge in [-0.05, 0) is 25.2 Å². The molecule has 2 rings (SSSR count). The van der Waals surface area contributed by atoms with E-state index in [2.05, 4.69) is 16.1 Å². The average molecular weight is 266 g/mol. The molecule has 6 heteroatoms. The molecule has 1 aliphatic rings. The van der Waals surface area contributed by atoms with E-state index in [1.807, 2.05) is 11.8 Å². The van der Waals surface area contributed by atoms with Crippen LogP contribution in [0.1, 0.15) is 23.2 Å². The predicted octanol–water partition coefficient (Wildman–Crippen LogP) is 1.09. The summed E-state index contributed by atoms with van der Waals surface area (Å²) in [7, 11) is 0. The molecule has 2 heterocycles. The number of primary amides is 1. The first-order chi connectivity index (χ1) is 8.61. The van der Waals surface area contributed by atoms with Gasteiger partial charge >= 0.3 is 0 Å². The number of hydrogen-bond acceptors (Lipinski definition) is 5. The number of nitrogens with two attached hydrogens (primary N) is 2. The zero-order chi connectivity index (χ0) is 13.1. The van der Waals surface area contributed by atoms with Crippen LogP contribution in [-0.2, 0) is 0 Å². The number of nitrogen functional groups attached to an aromatic ring is 1. The largest absolute Gasteiger partial charge is 0.384 e. The first-order valence-electron chi connectivity index (χ1n) is 5.95. The number of aromatic nitrogens is 1. The van der Waals surface area contributed by atoms with Crippen molar-refractivity contribution in [2.24, 2.45) is 5.73 Å². The number of piperidine rings is 1. The summed E-state index contributed by atoms with van der Waals surface area (Å²) in [6, 6.07) is 1.55. The second-order valence-electron chi connectivity index (χ2n) is 4.41. The van der Waals surface area contributed by atoms with Crippen molar-refractivity contribution in [3.63, 3.8) is 0 Å². The van der Waals surface area contributed by atoms with Gasteiger partial charge in [-0.2, -0.15) is 11.8 Å². The Labute approximate surface area is 111 Å². The van der Waals surface area contributed by atoms with Crippen LogP contribution in [0, 0.1) is 0 Å². The third-order valence-corrected chi connectivity index (χ3v) is 4.42. The number of rotatable bonds is 3. The summed E-state index contributed by atoms with van der Waals surface area (Å²) in [5, 5.41) is 0.708. The van der Waals surface area contributed by atoms with Crippen molar-refractivity contribution >= 4 is 29.2 Å². The molecular weight excluding hydrogens is 248 g/mol. The fraction of sp³-hybridized carbons (Fsp3) is 0.500. The zero-order valence-electron chi connectivity index (χ0n) is 10.4. The van der Waals surface area contributed by atoms with E-state index in [0.29, 0.717) is 16.6 Å². The molecule has 1 fully saturated rings. The molecule has 5 nitrogen and oxygen atoms in total. The van der Waals surface area contributed by atoms with Crippen LogP contribution in [0.4, 0.5) is 11.5 Å². The van der Waals surface area contributed by atoms with Crippen molar-refractivity contribution in [2.75, 3.05) is 30.0 Å². The Morgan fingerprint density at radius 3 is 2.72 bits per heavy atom. The average Bonchev–Trinajstić information content (AvgIpc) is 2.39. The Balaban J connectivity index is 2.21. The van der Waals surface area contributed by atoms with Crippen LogP contribution in [-0.4, -0.2) is 35.5 Å². The van der Waals surface area contributed by atoms with Gasteiger partial charge in [-0.15, -0.1) is 0 Å². The van der Waals surface area contributed by atoms with Gasteiger partial charge in [-0.3, -0.25) is 4.79 Å². The quantitative estimate of drug-likeness (QED) is 0.855. The van der Waals surface area contributed by atoms with Crippen molar-refractivity contribution in [3.05, 3.63) is 17.8 Å². The normalized spacial score (nSPS) is 16.8. The Morgan fingerprint density at radius 1 is 1.50 bits per heavy atom. The number of thioether (sulfide) groups is 1. The van der Waals surface area contributed by atoms with Crippen molar-refractivity contribution in [1.29, 1.82) is 0 Å². The Morgan fingerprint density at radius 2 is 2.17 bits per heavy atom. The van der Waals surface area contributed by atoms with Crippen molar-refractivity contribution in [1.82, 2.24) is 4.98 Å². The van der Waals surface area contributed by atoms with Gasteiger partial charge in [0.15, 0.2) is 0 Å². The van der Waals surface area contributed by atoms with Crippen LogP contribution in [0.5, 0.6) is 0 Å². The maximum Gasteiger partial charge on any atom is 0.251 e. The van der Waals surface area contributed by atoms with Gasteiger partial charge < -0.3 is 16.4 Å². The van der Waals surface area contributed by atoms with Crippen LogP contribution in [0.2, 0.25) is 0 Å². The summed E-state index contributed by atoms with van der Waals surface area (Å²) in [5.41, 5.74) is 12.3. The third-order valence-electron chi connectivity index (χ3n) is 3.29. The highest BCUT2D eigenvalue weighted by Gasteiger charge is 2.22. The Hall–Kier alpha value is -1.43. The molecule has 0 unspecified atom stereocenters. The number of hydrogen-bond donors (Lipinski definition) is 2. The van der Waals surface area contributed by atoms with E-state index in [4.69, 9.17) is 11.5 Å². The lowest BCUT2D eigenvalue weighted by Crippen LogP contribution is -2.36. The lowest BCUT2D eigenvalue weighted by molar-refractivity contribution is 0.100. The molecule has 0 aromatic carbocycles. The number of anilines is 2. The fourth-order valence-electron chi connectivity index (χ4n) is 2.25. The van der Waals surface area contributed by atoms with E-state index >= 15 is 0 Å². The molecule has 1 amide bonds. The molecule has 4 N–H and O–H groups in total. The van der Waals surface area contributed by atoms with E-state index in [9.17, 15) is 4.79 Å². The second-order valence-corrected chi connectivity index (χ2v) is 5.55. The van der Waals surface area contributed by atoms with E-state index < -0.39 is 5.91 Å². The Kier molecular flexibility index (Phi) is 3.96. The van der Waals surface area contributed by atoms with Crippen molar-refractivity contribution in [3.8, 4) is 0 Å². The number of carbonyl (C=O) groups excluding carboxylic acids is 1. The highest BCUT2D eigenvalue weighted by molar-refractivity contribution is 7.99. The van der Waals surface area contributed by atoms with E-state index in [1.54, 1.807) is 12.3 Å². The Bertz CT molecular complexity index is 444. The highest BCUT2D eigenvalue weighted by atomic mass is 32.2. The summed E-state index contributed by atoms with van der Waals surface area (Å²) in [4.78, 5) is 17.7. The second kappa shape index (κ2) is 5.48. The monoisotopic (exact) mass is 266 g/mol. The number of pyridine rings is 1.